The molecule has 2 N–H and O–H groups in total. The lowest BCUT2D eigenvalue weighted by molar-refractivity contribution is 0.101. The van der Waals surface area contributed by atoms with Gasteiger partial charge in [-0.3, -0.25) is 4.79 Å². The Labute approximate surface area is 136 Å². The van der Waals surface area contributed by atoms with Crippen LogP contribution in [0.15, 0.2) is 65.4 Å². The predicted molar refractivity (Wildman–Crippen MR) is 86.2 cm³/mol. The lowest BCUT2D eigenvalue weighted by Crippen LogP contribution is -2.23. The van der Waals surface area contributed by atoms with Gasteiger partial charge >= 0.3 is 0 Å². The molecule has 0 radical (unpaired) electrons. The quantitative estimate of drug-likeness (QED) is 0.579. The molecule has 7 nitrogen and oxygen atoms in total. The van der Waals surface area contributed by atoms with Gasteiger partial charge in [0.1, 0.15) is 17.4 Å². The number of aromatic nitrogens is 4. The molecule has 1 unspecified atom stereocenters. The summed E-state index contributed by atoms with van der Waals surface area (Å²) in [5.41, 5.74) is 8.57. The molecule has 2 aromatic heterocycles. The van der Waals surface area contributed by atoms with Gasteiger partial charge < -0.3 is 10.2 Å². The molecule has 0 amide bonds. The Morgan fingerprint density at radius 1 is 1.08 bits per heavy atom. The molecular weight excluding hydrogens is 306 g/mol. The molecule has 0 aliphatic heterocycles. The maximum atomic E-state index is 12.6. The third kappa shape index (κ3) is 2.27. The molecule has 0 aliphatic rings. The third-order valence-corrected chi connectivity index (χ3v) is 3.76. The minimum absolute atomic E-state index is 0.105. The molecule has 2 heterocycles. The van der Waals surface area contributed by atoms with Crippen LogP contribution in [0.5, 0.6) is 0 Å². The van der Waals surface area contributed by atoms with E-state index in [4.69, 9.17) is 10.2 Å². The highest BCUT2D eigenvalue weighted by Gasteiger charge is 2.25. The van der Waals surface area contributed by atoms with E-state index in [-0.39, 0.29) is 11.5 Å². The van der Waals surface area contributed by atoms with E-state index < -0.39 is 6.17 Å². The first-order valence-corrected chi connectivity index (χ1v) is 7.34. The second-order valence-corrected chi connectivity index (χ2v) is 5.23. The zero-order valence-electron chi connectivity index (χ0n) is 12.5. The highest BCUT2D eigenvalue weighted by atomic mass is 16.3. The molecular formula is C17H13N5O2. The third-order valence-electron chi connectivity index (χ3n) is 3.76. The van der Waals surface area contributed by atoms with Gasteiger partial charge in [-0.1, -0.05) is 47.7 Å². The van der Waals surface area contributed by atoms with Gasteiger partial charge in [-0.25, -0.2) is 9.67 Å². The summed E-state index contributed by atoms with van der Waals surface area (Å²) in [6, 6.07) is 16.3. The Balaban J connectivity index is 1.76. The number of benzene rings is 2. The van der Waals surface area contributed by atoms with Gasteiger partial charge in [-0.05, 0) is 12.1 Å². The second kappa shape index (κ2) is 5.71. The minimum atomic E-state index is -0.779. The summed E-state index contributed by atoms with van der Waals surface area (Å²) in [6.45, 7) is 0. The summed E-state index contributed by atoms with van der Waals surface area (Å²) in [7, 11) is 0. The number of carbonyl (C=O) groups excluding carboxylic acids is 1. The second-order valence-electron chi connectivity index (χ2n) is 5.23. The minimum Gasteiger partial charge on any atom is -0.440 e. The summed E-state index contributed by atoms with van der Waals surface area (Å²) >= 11 is 0. The normalized spacial score (nSPS) is 12.4. The van der Waals surface area contributed by atoms with Gasteiger partial charge in [0.2, 0.25) is 11.5 Å². The number of rotatable bonds is 4. The van der Waals surface area contributed by atoms with E-state index in [1.165, 1.54) is 11.1 Å². The van der Waals surface area contributed by atoms with E-state index in [0.29, 0.717) is 16.8 Å². The van der Waals surface area contributed by atoms with Gasteiger partial charge in [0.25, 0.3) is 0 Å². The fourth-order valence-electron chi connectivity index (χ4n) is 2.56. The van der Waals surface area contributed by atoms with Crippen LogP contribution in [0.4, 0.5) is 0 Å². The molecule has 4 rings (SSSR count). The van der Waals surface area contributed by atoms with Crippen LogP contribution in [-0.2, 0) is 0 Å². The molecule has 0 spiro atoms. The van der Waals surface area contributed by atoms with Crippen LogP contribution < -0.4 is 5.73 Å². The Morgan fingerprint density at radius 3 is 2.67 bits per heavy atom. The number of hydrogen-bond donors (Lipinski definition) is 1. The topological polar surface area (TPSA) is 99.8 Å². The molecule has 0 saturated carbocycles. The van der Waals surface area contributed by atoms with Crippen molar-refractivity contribution in [3.63, 3.8) is 0 Å². The van der Waals surface area contributed by atoms with Crippen molar-refractivity contribution in [3.8, 4) is 0 Å². The number of oxazole rings is 1. The van der Waals surface area contributed by atoms with Crippen molar-refractivity contribution in [2.24, 2.45) is 5.73 Å². The van der Waals surface area contributed by atoms with E-state index in [2.05, 4.69) is 15.3 Å². The molecule has 0 bridgehead atoms. The number of nitrogens with two attached hydrogens (primary N) is 1. The van der Waals surface area contributed by atoms with Crippen molar-refractivity contribution >= 4 is 16.8 Å². The van der Waals surface area contributed by atoms with Crippen LogP contribution >= 0.6 is 0 Å². The Bertz CT molecular complexity index is 1010. The summed E-state index contributed by atoms with van der Waals surface area (Å²) in [4.78, 5) is 16.8. The van der Waals surface area contributed by atoms with Crippen molar-refractivity contribution in [3.05, 3.63) is 78.0 Å². The first-order chi connectivity index (χ1) is 11.8. The fourth-order valence-corrected chi connectivity index (χ4v) is 2.56. The standard InChI is InChI=1S/C17H13N5O2/c18-17(22-13-9-5-4-8-12(13)20-21-22)14-16(24-10-19-14)15(23)11-6-2-1-3-7-11/h1-10,17H,18H2. The first kappa shape index (κ1) is 14.3. The lowest BCUT2D eigenvalue weighted by Gasteiger charge is -2.11. The summed E-state index contributed by atoms with van der Waals surface area (Å²) in [5.74, 6) is -0.170. The fraction of sp³-hybridized carbons (Fsp3) is 0.0588. The number of fused-ring (bicyclic) bond motifs is 1. The number of carbonyl (C=O) groups is 1. The number of hydrogen-bond acceptors (Lipinski definition) is 6. The molecule has 0 saturated heterocycles. The first-order valence-electron chi connectivity index (χ1n) is 7.34. The van der Waals surface area contributed by atoms with E-state index >= 15 is 0 Å². The van der Waals surface area contributed by atoms with E-state index in [0.717, 1.165) is 5.52 Å². The van der Waals surface area contributed by atoms with Crippen LogP contribution in [0.3, 0.4) is 0 Å². The number of para-hydroxylation sites is 1. The summed E-state index contributed by atoms with van der Waals surface area (Å²) < 4.78 is 6.83. The summed E-state index contributed by atoms with van der Waals surface area (Å²) in [6.07, 6.45) is 0.434. The SMILES string of the molecule is NC(c1ncoc1C(=O)c1ccccc1)n1nnc2ccccc21. The van der Waals surface area contributed by atoms with Crippen LogP contribution in [0.2, 0.25) is 0 Å². The maximum Gasteiger partial charge on any atom is 0.230 e. The largest absolute Gasteiger partial charge is 0.440 e. The highest BCUT2D eigenvalue weighted by Crippen LogP contribution is 2.22. The molecule has 1 atom stereocenters. The van der Waals surface area contributed by atoms with Crippen LogP contribution in [0, 0.1) is 0 Å². The smallest absolute Gasteiger partial charge is 0.230 e. The summed E-state index contributed by atoms with van der Waals surface area (Å²) in [5, 5.41) is 8.15. The Morgan fingerprint density at radius 2 is 1.83 bits per heavy atom. The van der Waals surface area contributed by atoms with E-state index in [1.54, 1.807) is 24.3 Å². The van der Waals surface area contributed by atoms with Crippen molar-refractivity contribution in [1.82, 2.24) is 20.0 Å². The predicted octanol–water partition coefficient (Wildman–Crippen LogP) is 2.16. The molecule has 24 heavy (non-hydrogen) atoms. The molecule has 0 aliphatic carbocycles. The van der Waals surface area contributed by atoms with Crippen molar-refractivity contribution < 1.29 is 9.21 Å². The van der Waals surface area contributed by atoms with Gasteiger partial charge in [-0.2, -0.15) is 0 Å². The molecule has 4 aromatic rings. The van der Waals surface area contributed by atoms with Crippen LogP contribution in [0.25, 0.3) is 11.0 Å². The molecule has 0 fully saturated rings. The Kier molecular flexibility index (Phi) is 3.40. The maximum absolute atomic E-state index is 12.6. The van der Waals surface area contributed by atoms with Crippen molar-refractivity contribution in [1.29, 1.82) is 0 Å². The van der Waals surface area contributed by atoms with E-state index in [9.17, 15) is 4.79 Å². The lowest BCUT2D eigenvalue weighted by atomic mass is 10.1. The van der Waals surface area contributed by atoms with Gasteiger partial charge in [0.05, 0.1) is 5.52 Å². The van der Waals surface area contributed by atoms with Gasteiger partial charge in [0, 0.05) is 5.56 Å². The van der Waals surface area contributed by atoms with Crippen LogP contribution in [-0.4, -0.2) is 25.8 Å². The number of nitrogens with zero attached hydrogens (tertiary/aromatic N) is 4. The van der Waals surface area contributed by atoms with Gasteiger partial charge in [0.15, 0.2) is 6.39 Å². The van der Waals surface area contributed by atoms with E-state index in [1.807, 2.05) is 30.3 Å². The monoisotopic (exact) mass is 319 g/mol. The Hall–Kier alpha value is -3.32. The van der Waals surface area contributed by atoms with Gasteiger partial charge in [-0.15, -0.1) is 5.10 Å². The average molecular weight is 319 g/mol. The highest BCUT2D eigenvalue weighted by molar-refractivity contribution is 6.07. The number of ketones is 1. The van der Waals surface area contributed by atoms with Crippen LogP contribution in [0.1, 0.15) is 28.0 Å². The van der Waals surface area contributed by atoms with Crippen molar-refractivity contribution in [2.45, 2.75) is 6.17 Å². The molecule has 118 valence electrons. The van der Waals surface area contributed by atoms with Crippen molar-refractivity contribution in [2.75, 3.05) is 0 Å². The molecule has 2 aromatic carbocycles. The zero-order valence-corrected chi connectivity index (χ0v) is 12.5. The average Bonchev–Trinajstić information content (AvgIpc) is 3.28. The molecule has 7 heteroatoms. The zero-order chi connectivity index (χ0) is 16.5.